The molecule has 144 valence electrons. The normalized spacial score (nSPS) is 26.1. The van der Waals surface area contributed by atoms with Gasteiger partial charge in [0, 0.05) is 18.2 Å². The van der Waals surface area contributed by atoms with Gasteiger partial charge < -0.3 is 5.32 Å². The summed E-state index contributed by atoms with van der Waals surface area (Å²) >= 11 is 0. The molecule has 3 unspecified atom stereocenters. The van der Waals surface area contributed by atoms with Gasteiger partial charge in [0.25, 0.3) is 5.91 Å². The fourth-order valence-corrected chi connectivity index (χ4v) is 4.95. The Labute approximate surface area is 157 Å². The molecule has 6 heteroatoms. The highest BCUT2D eigenvalue weighted by molar-refractivity contribution is 7.88. The minimum absolute atomic E-state index is 0.00469. The number of benzene rings is 1. The first-order valence-electron chi connectivity index (χ1n) is 9.75. The molecule has 0 radical (unpaired) electrons. The average Bonchev–Trinajstić information content (AvgIpc) is 2.61. The molecule has 5 nitrogen and oxygen atoms in total. The summed E-state index contributed by atoms with van der Waals surface area (Å²) in [4.78, 5) is 12.5. The molecule has 3 rings (SSSR count). The van der Waals surface area contributed by atoms with Crippen LogP contribution in [0.4, 0.5) is 0 Å². The number of carbonyl (C=O) groups is 1. The lowest BCUT2D eigenvalue weighted by Crippen LogP contribution is -2.41. The highest BCUT2D eigenvalue weighted by atomic mass is 32.2. The summed E-state index contributed by atoms with van der Waals surface area (Å²) in [5.74, 6) is 1.69. The van der Waals surface area contributed by atoms with Crippen molar-refractivity contribution in [2.75, 3.05) is 12.8 Å². The zero-order valence-corrected chi connectivity index (χ0v) is 16.4. The Bertz CT molecular complexity index is 715. The Morgan fingerprint density at radius 2 is 1.73 bits per heavy atom. The number of sulfonamides is 1. The van der Waals surface area contributed by atoms with Gasteiger partial charge in [-0.3, -0.25) is 4.79 Å². The monoisotopic (exact) mass is 378 g/mol. The quantitative estimate of drug-likeness (QED) is 0.799. The van der Waals surface area contributed by atoms with Gasteiger partial charge in [0.1, 0.15) is 0 Å². The van der Waals surface area contributed by atoms with Crippen LogP contribution in [0.2, 0.25) is 0 Å². The molecule has 2 aliphatic carbocycles. The van der Waals surface area contributed by atoms with E-state index in [1.54, 1.807) is 0 Å². The van der Waals surface area contributed by atoms with Crippen molar-refractivity contribution < 1.29 is 13.2 Å². The summed E-state index contributed by atoms with van der Waals surface area (Å²) in [5.41, 5.74) is 1.69. The van der Waals surface area contributed by atoms with E-state index in [0.29, 0.717) is 24.6 Å². The molecule has 0 bridgehead atoms. The van der Waals surface area contributed by atoms with Gasteiger partial charge in [0.15, 0.2) is 0 Å². The topological polar surface area (TPSA) is 75.3 Å². The molecule has 1 aromatic rings. The predicted octanol–water partition coefficient (Wildman–Crippen LogP) is 2.87. The second kappa shape index (κ2) is 8.53. The third-order valence-electron chi connectivity index (χ3n) is 5.87. The van der Waals surface area contributed by atoms with Crippen molar-refractivity contribution in [3.63, 3.8) is 0 Å². The van der Waals surface area contributed by atoms with E-state index in [0.717, 1.165) is 36.5 Å². The van der Waals surface area contributed by atoms with Gasteiger partial charge in [0.05, 0.1) is 6.26 Å². The molecule has 0 aromatic heterocycles. The van der Waals surface area contributed by atoms with Crippen molar-refractivity contribution >= 4 is 15.9 Å². The van der Waals surface area contributed by atoms with E-state index in [9.17, 15) is 13.2 Å². The summed E-state index contributed by atoms with van der Waals surface area (Å²) < 4.78 is 24.6. The van der Waals surface area contributed by atoms with Crippen LogP contribution < -0.4 is 10.0 Å². The van der Waals surface area contributed by atoms with Gasteiger partial charge in [-0.05, 0) is 55.2 Å². The van der Waals surface area contributed by atoms with Crippen LogP contribution in [-0.4, -0.2) is 33.2 Å². The molecule has 0 spiro atoms. The van der Waals surface area contributed by atoms with Crippen molar-refractivity contribution in [2.24, 2.45) is 11.8 Å². The molecule has 1 amide bonds. The summed E-state index contributed by atoms with van der Waals surface area (Å²) in [6.45, 7) is 0.370. The minimum atomic E-state index is -3.16. The Morgan fingerprint density at radius 3 is 2.42 bits per heavy atom. The van der Waals surface area contributed by atoms with E-state index >= 15 is 0 Å². The Kier molecular flexibility index (Phi) is 6.35. The summed E-state index contributed by atoms with van der Waals surface area (Å²) in [7, 11) is -3.16. The second-order valence-corrected chi connectivity index (χ2v) is 9.73. The fraction of sp³-hybridized carbons (Fsp3) is 0.650. The smallest absolute Gasteiger partial charge is 0.251 e. The molecule has 0 aliphatic heterocycles. The van der Waals surface area contributed by atoms with Crippen LogP contribution in [0.15, 0.2) is 24.3 Å². The van der Waals surface area contributed by atoms with Gasteiger partial charge in [0.2, 0.25) is 10.0 Å². The first-order valence-corrected chi connectivity index (χ1v) is 11.6. The number of amides is 1. The zero-order chi connectivity index (χ0) is 18.6. The third-order valence-corrected chi connectivity index (χ3v) is 6.60. The molecule has 3 atom stereocenters. The number of hydrogen-bond acceptors (Lipinski definition) is 3. The maximum atomic E-state index is 12.5. The number of rotatable bonds is 6. The van der Waals surface area contributed by atoms with Crippen molar-refractivity contribution in [1.29, 1.82) is 0 Å². The SMILES string of the molecule is CS(=O)(=O)NCCc1ccc(C(=O)NC2CCC3CCCCC3C2)cc1. The lowest BCUT2D eigenvalue weighted by molar-refractivity contribution is 0.0879. The average molecular weight is 379 g/mol. The van der Waals surface area contributed by atoms with Crippen LogP contribution >= 0.6 is 0 Å². The summed E-state index contributed by atoms with van der Waals surface area (Å²) in [5, 5.41) is 3.22. The molecular weight excluding hydrogens is 348 g/mol. The molecular formula is C20H30N2O3S. The molecule has 26 heavy (non-hydrogen) atoms. The molecule has 2 N–H and O–H groups in total. The van der Waals surface area contributed by atoms with Crippen LogP contribution in [0.3, 0.4) is 0 Å². The third kappa shape index (κ3) is 5.55. The van der Waals surface area contributed by atoms with Crippen LogP contribution in [0.1, 0.15) is 60.9 Å². The van der Waals surface area contributed by atoms with Gasteiger partial charge in [-0.15, -0.1) is 0 Å². The lowest BCUT2D eigenvalue weighted by Gasteiger charge is -2.39. The van der Waals surface area contributed by atoms with Crippen molar-refractivity contribution in [3.05, 3.63) is 35.4 Å². The van der Waals surface area contributed by atoms with Gasteiger partial charge in [-0.1, -0.05) is 37.8 Å². The zero-order valence-electron chi connectivity index (χ0n) is 15.5. The maximum absolute atomic E-state index is 12.5. The number of nitrogens with one attached hydrogen (secondary N) is 2. The van der Waals surface area contributed by atoms with Gasteiger partial charge in [-0.25, -0.2) is 13.1 Å². The first kappa shape index (κ1) is 19.4. The van der Waals surface area contributed by atoms with E-state index < -0.39 is 10.0 Å². The van der Waals surface area contributed by atoms with Crippen molar-refractivity contribution in [1.82, 2.24) is 10.0 Å². The Balaban J connectivity index is 1.48. The standard InChI is InChI=1S/C20H30N2O3S/c1-26(24,25)21-13-12-15-6-8-17(9-7-15)20(23)22-19-11-10-16-4-2-3-5-18(16)14-19/h6-9,16,18-19,21H,2-5,10-14H2,1H3,(H,22,23). The first-order chi connectivity index (χ1) is 12.4. The molecule has 0 heterocycles. The second-order valence-electron chi connectivity index (χ2n) is 7.90. The van der Waals surface area contributed by atoms with E-state index in [1.807, 2.05) is 24.3 Å². The van der Waals surface area contributed by atoms with E-state index in [-0.39, 0.29) is 5.91 Å². The minimum Gasteiger partial charge on any atom is -0.349 e. The fourth-order valence-electron chi connectivity index (χ4n) is 4.48. The molecule has 2 fully saturated rings. The van der Waals surface area contributed by atoms with Crippen LogP contribution in [0, 0.1) is 11.8 Å². The van der Waals surface area contributed by atoms with Gasteiger partial charge in [-0.2, -0.15) is 0 Å². The Morgan fingerprint density at radius 1 is 1.04 bits per heavy atom. The predicted molar refractivity (Wildman–Crippen MR) is 104 cm³/mol. The molecule has 0 saturated heterocycles. The van der Waals surface area contributed by atoms with Crippen molar-refractivity contribution in [3.8, 4) is 0 Å². The van der Waals surface area contributed by atoms with Gasteiger partial charge >= 0.3 is 0 Å². The molecule has 2 aliphatic rings. The van der Waals surface area contributed by atoms with E-state index in [1.165, 1.54) is 32.1 Å². The Hall–Kier alpha value is -1.40. The summed E-state index contributed by atoms with van der Waals surface area (Å²) in [6.07, 6.45) is 10.7. The van der Waals surface area contributed by atoms with E-state index in [4.69, 9.17) is 0 Å². The maximum Gasteiger partial charge on any atom is 0.251 e. The number of hydrogen-bond donors (Lipinski definition) is 2. The summed E-state index contributed by atoms with van der Waals surface area (Å²) in [6, 6.07) is 7.77. The van der Waals surface area contributed by atoms with Crippen LogP contribution in [0.5, 0.6) is 0 Å². The molecule has 2 saturated carbocycles. The van der Waals surface area contributed by atoms with E-state index in [2.05, 4.69) is 10.0 Å². The largest absolute Gasteiger partial charge is 0.349 e. The van der Waals surface area contributed by atoms with Crippen molar-refractivity contribution in [2.45, 2.75) is 57.4 Å². The molecule has 1 aromatic carbocycles. The highest BCUT2D eigenvalue weighted by Crippen LogP contribution is 2.40. The van der Waals surface area contributed by atoms with Crippen LogP contribution in [0.25, 0.3) is 0 Å². The van der Waals surface area contributed by atoms with Crippen LogP contribution in [-0.2, 0) is 16.4 Å². The highest BCUT2D eigenvalue weighted by Gasteiger charge is 2.32. The lowest BCUT2D eigenvalue weighted by atomic mass is 9.69. The number of carbonyl (C=O) groups excluding carboxylic acids is 1. The number of fused-ring (bicyclic) bond motifs is 1.